The highest BCUT2D eigenvalue weighted by molar-refractivity contribution is 9.10. The predicted molar refractivity (Wildman–Crippen MR) is 79.4 cm³/mol. The van der Waals surface area contributed by atoms with E-state index in [2.05, 4.69) is 15.9 Å². The van der Waals surface area contributed by atoms with E-state index in [1.807, 2.05) is 11.0 Å². The van der Waals surface area contributed by atoms with E-state index < -0.39 is 5.82 Å². The van der Waals surface area contributed by atoms with E-state index in [-0.39, 0.29) is 10.0 Å². The molecule has 0 bridgehead atoms. The summed E-state index contributed by atoms with van der Waals surface area (Å²) in [5.74, 6) is -0.419. The molecule has 0 aromatic heterocycles. The van der Waals surface area contributed by atoms with Gasteiger partial charge in [0.05, 0.1) is 22.3 Å². The van der Waals surface area contributed by atoms with Crippen molar-refractivity contribution in [3.05, 3.63) is 28.0 Å². The lowest BCUT2D eigenvalue weighted by Crippen LogP contribution is -2.30. The number of nitriles is 1. The summed E-state index contributed by atoms with van der Waals surface area (Å²) in [6, 6.07) is 5.18. The Morgan fingerprint density at radius 1 is 1.25 bits per heavy atom. The lowest BCUT2D eigenvalue weighted by atomic mass is 10.2. The third-order valence-electron chi connectivity index (χ3n) is 2.86. The van der Waals surface area contributed by atoms with Crippen LogP contribution in [0.15, 0.2) is 16.6 Å². The van der Waals surface area contributed by atoms with E-state index in [0.29, 0.717) is 32.0 Å². The molecular formula is C14H18BrFN2O2. The fourth-order valence-corrected chi connectivity index (χ4v) is 2.25. The second-order valence-electron chi connectivity index (χ2n) is 4.20. The van der Waals surface area contributed by atoms with Gasteiger partial charge in [-0.15, -0.1) is 0 Å². The quantitative estimate of drug-likeness (QED) is 0.680. The summed E-state index contributed by atoms with van der Waals surface area (Å²) in [5.41, 5.74) is 0.749. The summed E-state index contributed by atoms with van der Waals surface area (Å²) >= 11 is 3.13. The molecule has 6 heteroatoms. The van der Waals surface area contributed by atoms with Crippen molar-refractivity contribution in [2.75, 3.05) is 45.4 Å². The summed E-state index contributed by atoms with van der Waals surface area (Å²) in [4.78, 5) is 1.89. The number of benzene rings is 1. The second kappa shape index (κ2) is 8.90. The highest BCUT2D eigenvalue weighted by atomic mass is 79.9. The Morgan fingerprint density at radius 3 is 2.55 bits per heavy atom. The number of hydrogen-bond acceptors (Lipinski definition) is 4. The van der Waals surface area contributed by atoms with Crippen molar-refractivity contribution in [3.8, 4) is 6.07 Å². The molecule has 0 aliphatic rings. The van der Waals surface area contributed by atoms with Crippen molar-refractivity contribution in [2.45, 2.75) is 6.42 Å². The average molecular weight is 345 g/mol. The zero-order valence-corrected chi connectivity index (χ0v) is 13.2. The summed E-state index contributed by atoms with van der Waals surface area (Å²) in [5, 5.41) is 8.89. The van der Waals surface area contributed by atoms with Gasteiger partial charge in [0.2, 0.25) is 0 Å². The smallest absolute Gasteiger partial charge is 0.161 e. The Kier molecular flexibility index (Phi) is 7.52. The van der Waals surface area contributed by atoms with Crippen LogP contribution in [0.2, 0.25) is 0 Å². The van der Waals surface area contributed by atoms with Gasteiger partial charge in [-0.1, -0.05) is 0 Å². The number of hydrogen-bond donors (Lipinski definition) is 0. The molecule has 20 heavy (non-hydrogen) atoms. The topological polar surface area (TPSA) is 45.5 Å². The van der Waals surface area contributed by atoms with Crippen molar-refractivity contribution in [3.63, 3.8) is 0 Å². The van der Waals surface area contributed by atoms with Gasteiger partial charge >= 0.3 is 0 Å². The van der Waals surface area contributed by atoms with Crippen molar-refractivity contribution >= 4 is 21.6 Å². The Balaban J connectivity index is 2.94. The molecule has 0 saturated heterocycles. The molecule has 0 aliphatic heterocycles. The lowest BCUT2D eigenvalue weighted by molar-refractivity contribution is 0.191. The summed E-state index contributed by atoms with van der Waals surface area (Å²) in [6.45, 7) is 2.36. The van der Waals surface area contributed by atoms with E-state index in [1.165, 1.54) is 0 Å². The standard InChI is InChI=1S/C14H18BrFN2O2/c1-19-8-3-6-18(7-9-20-2)12-5-4-11(10-17)13(15)14(12)16/h4-5H,3,6-9H2,1-2H3. The van der Waals surface area contributed by atoms with Crippen LogP contribution in [0.3, 0.4) is 0 Å². The molecule has 0 aliphatic carbocycles. The van der Waals surface area contributed by atoms with Crippen LogP contribution in [-0.4, -0.2) is 40.5 Å². The summed E-state index contributed by atoms with van der Waals surface area (Å²) in [6.07, 6.45) is 0.789. The minimum atomic E-state index is -0.419. The monoisotopic (exact) mass is 344 g/mol. The fraction of sp³-hybridized carbons (Fsp3) is 0.500. The Labute approximate surface area is 127 Å². The number of ether oxygens (including phenoxy) is 2. The first kappa shape index (κ1) is 16.9. The number of rotatable bonds is 8. The van der Waals surface area contributed by atoms with E-state index in [0.717, 1.165) is 6.42 Å². The molecule has 4 nitrogen and oxygen atoms in total. The molecule has 0 spiro atoms. The van der Waals surface area contributed by atoms with Gasteiger partial charge in [-0.3, -0.25) is 0 Å². The first-order valence-corrected chi connectivity index (χ1v) is 7.06. The molecular weight excluding hydrogens is 327 g/mol. The van der Waals surface area contributed by atoms with Gasteiger partial charge in [-0.2, -0.15) is 5.26 Å². The molecule has 1 rings (SSSR count). The number of methoxy groups -OCH3 is 2. The van der Waals surface area contributed by atoms with Gasteiger partial charge < -0.3 is 14.4 Å². The Morgan fingerprint density at radius 2 is 1.95 bits per heavy atom. The van der Waals surface area contributed by atoms with Crippen LogP contribution >= 0.6 is 15.9 Å². The minimum Gasteiger partial charge on any atom is -0.385 e. The van der Waals surface area contributed by atoms with Crippen LogP contribution in [-0.2, 0) is 9.47 Å². The number of nitrogens with zero attached hydrogens (tertiary/aromatic N) is 2. The van der Waals surface area contributed by atoms with Crippen molar-refractivity contribution in [1.82, 2.24) is 0 Å². The first-order valence-electron chi connectivity index (χ1n) is 6.26. The zero-order valence-electron chi connectivity index (χ0n) is 11.7. The van der Waals surface area contributed by atoms with Crippen LogP contribution in [0, 0.1) is 17.1 Å². The van der Waals surface area contributed by atoms with E-state index >= 15 is 0 Å². The van der Waals surface area contributed by atoms with Gasteiger partial charge in [-0.25, -0.2) is 4.39 Å². The number of anilines is 1. The second-order valence-corrected chi connectivity index (χ2v) is 4.99. The van der Waals surface area contributed by atoms with Crippen molar-refractivity contribution < 1.29 is 13.9 Å². The molecule has 0 atom stereocenters. The van der Waals surface area contributed by atoms with Crippen LogP contribution in [0.1, 0.15) is 12.0 Å². The highest BCUT2D eigenvalue weighted by Gasteiger charge is 2.16. The fourth-order valence-electron chi connectivity index (χ4n) is 1.82. The molecule has 0 N–H and O–H groups in total. The first-order chi connectivity index (χ1) is 9.65. The summed E-state index contributed by atoms with van der Waals surface area (Å²) < 4.78 is 24.6. The van der Waals surface area contributed by atoms with Crippen LogP contribution < -0.4 is 4.90 Å². The SMILES string of the molecule is COCCCN(CCOC)c1ccc(C#N)c(Br)c1F. The molecule has 1 aromatic rings. The van der Waals surface area contributed by atoms with Crippen molar-refractivity contribution in [1.29, 1.82) is 5.26 Å². The lowest BCUT2D eigenvalue weighted by Gasteiger charge is -2.25. The van der Waals surface area contributed by atoms with E-state index in [4.69, 9.17) is 14.7 Å². The highest BCUT2D eigenvalue weighted by Crippen LogP contribution is 2.29. The maximum atomic E-state index is 14.3. The third kappa shape index (κ3) is 4.44. The molecule has 0 saturated carbocycles. The number of halogens is 2. The normalized spacial score (nSPS) is 10.3. The predicted octanol–water partition coefficient (Wildman–Crippen LogP) is 2.95. The van der Waals surface area contributed by atoms with Gasteiger partial charge in [-0.05, 0) is 34.5 Å². The minimum absolute atomic E-state index is 0.201. The maximum absolute atomic E-state index is 14.3. The average Bonchev–Trinajstić information content (AvgIpc) is 2.46. The van der Waals surface area contributed by atoms with Crippen LogP contribution in [0.4, 0.5) is 10.1 Å². The van der Waals surface area contributed by atoms with Gasteiger partial charge in [0.1, 0.15) is 6.07 Å². The molecule has 110 valence electrons. The zero-order chi connectivity index (χ0) is 15.0. The van der Waals surface area contributed by atoms with Crippen LogP contribution in [0.5, 0.6) is 0 Å². The van der Waals surface area contributed by atoms with Crippen molar-refractivity contribution in [2.24, 2.45) is 0 Å². The van der Waals surface area contributed by atoms with Gasteiger partial charge in [0.15, 0.2) is 5.82 Å². The Bertz CT molecular complexity index is 477. The molecule has 0 unspecified atom stereocenters. The summed E-state index contributed by atoms with van der Waals surface area (Å²) in [7, 11) is 3.25. The molecule has 0 amide bonds. The molecule has 0 fully saturated rings. The third-order valence-corrected chi connectivity index (χ3v) is 3.64. The van der Waals surface area contributed by atoms with E-state index in [1.54, 1.807) is 26.4 Å². The molecule has 0 heterocycles. The maximum Gasteiger partial charge on any atom is 0.161 e. The van der Waals surface area contributed by atoms with E-state index in [9.17, 15) is 4.39 Å². The van der Waals surface area contributed by atoms with Crippen LogP contribution in [0.25, 0.3) is 0 Å². The Hall–Kier alpha value is -1.16. The largest absolute Gasteiger partial charge is 0.385 e. The molecule has 1 aromatic carbocycles. The van der Waals surface area contributed by atoms with Gasteiger partial charge in [0, 0.05) is 33.9 Å². The molecule has 0 radical (unpaired) electrons. The van der Waals surface area contributed by atoms with Gasteiger partial charge in [0.25, 0.3) is 0 Å².